The zero-order valence-electron chi connectivity index (χ0n) is 12.2. The Kier molecular flexibility index (Phi) is 2.87. The van der Waals surface area contributed by atoms with Gasteiger partial charge in [0.1, 0.15) is 5.75 Å². The van der Waals surface area contributed by atoms with Crippen LogP contribution < -0.4 is 0 Å². The van der Waals surface area contributed by atoms with Crippen LogP contribution in [0.15, 0.2) is 73.3 Å². The zero-order chi connectivity index (χ0) is 15.1. The number of allylic oxidation sites excluding steroid dienone is 1. The quantitative estimate of drug-likeness (QED) is 0.376. The first-order valence-electron chi connectivity index (χ1n) is 7.46. The van der Waals surface area contributed by atoms with Gasteiger partial charge in [-0.05, 0) is 44.8 Å². The van der Waals surface area contributed by atoms with Crippen molar-refractivity contribution in [2.45, 2.75) is 6.42 Å². The van der Waals surface area contributed by atoms with Crippen LogP contribution >= 0.6 is 0 Å². The second-order valence-electron chi connectivity index (χ2n) is 5.57. The molecule has 0 fully saturated rings. The maximum Gasteiger partial charge on any atom is 0.119 e. The molecule has 4 rings (SSSR count). The highest BCUT2D eigenvalue weighted by Crippen LogP contribution is 2.39. The highest BCUT2D eigenvalue weighted by atomic mass is 16.3. The third-order valence-corrected chi connectivity index (χ3v) is 4.34. The van der Waals surface area contributed by atoms with Crippen molar-refractivity contribution in [1.29, 1.82) is 0 Å². The second kappa shape index (κ2) is 4.88. The van der Waals surface area contributed by atoms with Crippen LogP contribution in [-0.2, 0) is 6.42 Å². The minimum Gasteiger partial charge on any atom is -0.508 e. The summed E-state index contributed by atoms with van der Waals surface area (Å²) >= 11 is 0. The van der Waals surface area contributed by atoms with E-state index in [2.05, 4.69) is 55.1 Å². The number of hydrogen-bond donors (Lipinski definition) is 1. The summed E-state index contributed by atoms with van der Waals surface area (Å²) in [5.41, 5.74) is 0.953. The molecule has 0 aliphatic heterocycles. The Balaban J connectivity index is 2.38. The van der Waals surface area contributed by atoms with Crippen LogP contribution in [0.2, 0.25) is 0 Å². The molecular weight excluding hydrogens is 268 g/mol. The molecule has 4 aromatic carbocycles. The number of phenolic OH excluding ortho intramolecular Hbond substituents is 1. The first-order valence-corrected chi connectivity index (χ1v) is 7.46. The Hall–Kier alpha value is -2.80. The Bertz CT molecular complexity index is 993. The molecule has 0 heterocycles. The van der Waals surface area contributed by atoms with Gasteiger partial charge in [-0.25, -0.2) is 0 Å². The van der Waals surface area contributed by atoms with Crippen molar-refractivity contribution in [2.24, 2.45) is 0 Å². The molecule has 0 unspecified atom stereocenters. The summed E-state index contributed by atoms with van der Waals surface area (Å²) in [6, 6.07) is 20.7. The van der Waals surface area contributed by atoms with Gasteiger partial charge < -0.3 is 5.11 Å². The fourth-order valence-electron chi connectivity index (χ4n) is 3.41. The molecule has 0 aromatic heterocycles. The Morgan fingerprint density at radius 2 is 1.23 bits per heavy atom. The van der Waals surface area contributed by atoms with Crippen molar-refractivity contribution < 1.29 is 5.11 Å². The molecule has 106 valence electrons. The minimum atomic E-state index is 0.341. The zero-order valence-corrected chi connectivity index (χ0v) is 12.2. The lowest BCUT2D eigenvalue weighted by atomic mass is 9.90. The molecule has 0 saturated carbocycles. The summed E-state index contributed by atoms with van der Waals surface area (Å²) in [6.45, 7) is 3.84. The van der Waals surface area contributed by atoms with E-state index in [1.54, 1.807) is 6.07 Å². The molecule has 0 saturated heterocycles. The summed E-state index contributed by atoms with van der Waals surface area (Å²) in [5.74, 6) is 0.341. The molecule has 0 atom stereocenters. The summed E-state index contributed by atoms with van der Waals surface area (Å²) in [4.78, 5) is 0. The van der Waals surface area contributed by atoms with Gasteiger partial charge in [-0.3, -0.25) is 0 Å². The fourth-order valence-corrected chi connectivity index (χ4v) is 3.41. The smallest absolute Gasteiger partial charge is 0.119 e. The van der Waals surface area contributed by atoms with E-state index in [4.69, 9.17) is 0 Å². The molecule has 0 radical (unpaired) electrons. The van der Waals surface area contributed by atoms with E-state index in [0.29, 0.717) is 12.2 Å². The van der Waals surface area contributed by atoms with Crippen LogP contribution in [0.4, 0.5) is 0 Å². The number of benzene rings is 4. The molecular formula is C21H16O. The van der Waals surface area contributed by atoms with Crippen LogP contribution in [-0.4, -0.2) is 5.11 Å². The summed E-state index contributed by atoms with van der Waals surface area (Å²) < 4.78 is 0. The largest absolute Gasteiger partial charge is 0.508 e. The van der Waals surface area contributed by atoms with Crippen LogP contribution in [0.1, 0.15) is 5.56 Å². The van der Waals surface area contributed by atoms with Crippen LogP contribution in [0.5, 0.6) is 5.75 Å². The number of phenols is 1. The Labute approximate surface area is 129 Å². The van der Waals surface area contributed by atoms with E-state index in [0.717, 1.165) is 10.9 Å². The lowest BCUT2D eigenvalue weighted by Crippen LogP contribution is -1.90. The van der Waals surface area contributed by atoms with Gasteiger partial charge in [-0.15, -0.1) is 6.58 Å². The molecule has 0 bridgehead atoms. The first kappa shape index (κ1) is 12.9. The maximum absolute atomic E-state index is 10.3. The lowest BCUT2D eigenvalue weighted by molar-refractivity contribution is 0.471. The Morgan fingerprint density at radius 3 is 1.82 bits per heavy atom. The highest BCUT2D eigenvalue weighted by Gasteiger charge is 2.13. The molecule has 1 nitrogen and oxygen atoms in total. The minimum absolute atomic E-state index is 0.341. The average molecular weight is 284 g/mol. The van der Waals surface area contributed by atoms with Crippen molar-refractivity contribution in [3.05, 3.63) is 78.9 Å². The van der Waals surface area contributed by atoms with E-state index < -0.39 is 0 Å². The standard InChI is InChI=1S/C21H16O/c1-2-7-19-20(22)13-12-18-16-10-4-3-8-14(16)15-9-5-6-11-17(15)21(18)19/h2-6,8-13,22H,1,7H2. The topological polar surface area (TPSA) is 20.2 Å². The predicted octanol–water partition coefficient (Wildman–Crippen LogP) is 5.58. The van der Waals surface area contributed by atoms with Crippen molar-refractivity contribution in [1.82, 2.24) is 0 Å². The van der Waals surface area contributed by atoms with Gasteiger partial charge in [0.05, 0.1) is 0 Å². The molecule has 4 aromatic rings. The number of rotatable bonds is 2. The van der Waals surface area contributed by atoms with E-state index in [1.807, 2.05) is 12.1 Å². The molecule has 22 heavy (non-hydrogen) atoms. The van der Waals surface area contributed by atoms with Gasteiger partial charge >= 0.3 is 0 Å². The normalized spacial score (nSPS) is 11.3. The van der Waals surface area contributed by atoms with Crippen molar-refractivity contribution in [2.75, 3.05) is 0 Å². The highest BCUT2D eigenvalue weighted by molar-refractivity contribution is 6.26. The maximum atomic E-state index is 10.3. The summed E-state index contributed by atoms with van der Waals surface area (Å²) in [5, 5.41) is 17.5. The van der Waals surface area contributed by atoms with Gasteiger partial charge in [0.15, 0.2) is 0 Å². The fraction of sp³-hybridized carbons (Fsp3) is 0.0476. The molecule has 0 amide bonds. The van der Waals surface area contributed by atoms with Crippen molar-refractivity contribution >= 4 is 32.3 Å². The third-order valence-electron chi connectivity index (χ3n) is 4.34. The Morgan fingerprint density at radius 1 is 0.727 bits per heavy atom. The van der Waals surface area contributed by atoms with Gasteiger partial charge in [0.2, 0.25) is 0 Å². The van der Waals surface area contributed by atoms with Crippen molar-refractivity contribution in [3.63, 3.8) is 0 Å². The van der Waals surface area contributed by atoms with Gasteiger partial charge in [-0.1, -0.05) is 60.7 Å². The van der Waals surface area contributed by atoms with Crippen molar-refractivity contribution in [3.8, 4) is 5.75 Å². The van der Waals surface area contributed by atoms with Crippen LogP contribution in [0.25, 0.3) is 32.3 Å². The molecule has 1 N–H and O–H groups in total. The molecule has 0 spiro atoms. The second-order valence-corrected chi connectivity index (χ2v) is 5.57. The predicted molar refractivity (Wildman–Crippen MR) is 94.5 cm³/mol. The van der Waals surface area contributed by atoms with Gasteiger partial charge in [-0.2, -0.15) is 0 Å². The third kappa shape index (κ3) is 1.72. The van der Waals surface area contributed by atoms with E-state index in [-0.39, 0.29) is 0 Å². The number of fused-ring (bicyclic) bond motifs is 6. The summed E-state index contributed by atoms with van der Waals surface area (Å²) in [6.07, 6.45) is 2.50. The number of aromatic hydroxyl groups is 1. The monoisotopic (exact) mass is 284 g/mol. The van der Waals surface area contributed by atoms with Crippen LogP contribution in [0.3, 0.4) is 0 Å². The van der Waals surface area contributed by atoms with Gasteiger partial charge in [0, 0.05) is 5.56 Å². The first-order chi connectivity index (χ1) is 10.8. The van der Waals surface area contributed by atoms with E-state index in [1.165, 1.54) is 26.9 Å². The molecule has 0 aliphatic rings. The lowest BCUT2D eigenvalue weighted by Gasteiger charge is -2.14. The number of hydrogen-bond acceptors (Lipinski definition) is 1. The molecule has 0 aliphatic carbocycles. The van der Waals surface area contributed by atoms with Crippen LogP contribution in [0, 0.1) is 0 Å². The van der Waals surface area contributed by atoms with E-state index >= 15 is 0 Å². The molecule has 1 heteroatoms. The average Bonchev–Trinajstić information content (AvgIpc) is 2.57. The SMILES string of the molecule is C=CCc1c(O)ccc2c3ccccc3c3ccccc3c12. The van der Waals surface area contributed by atoms with Gasteiger partial charge in [0.25, 0.3) is 0 Å². The van der Waals surface area contributed by atoms with E-state index in [9.17, 15) is 5.11 Å². The summed E-state index contributed by atoms with van der Waals surface area (Å²) in [7, 11) is 0.